The van der Waals surface area contributed by atoms with Gasteiger partial charge in [0.2, 0.25) is 0 Å². The molecule has 0 radical (unpaired) electrons. The molecule has 0 bridgehead atoms. The quantitative estimate of drug-likeness (QED) is 0.807. The summed E-state index contributed by atoms with van der Waals surface area (Å²) in [7, 11) is 0. The lowest BCUT2D eigenvalue weighted by Crippen LogP contribution is -2.01. The minimum atomic E-state index is 0.0835. The fraction of sp³-hybridized carbons (Fsp3) is 0.667. The minimum Gasteiger partial charge on any atom is -0.492 e. The van der Waals surface area contributed by atoms with Crippen molar-refractivity contribution in [3.05, 3.63) is 15.8 Å². The molecular formula is C12H20O2S. The van der Waals surface area contributed by atoms with Gasteiger partial charge in [-0.2, -0.15) is 0 Å². The Labute approximate surface area is 95.9 Å². The third-order valence-corrected chi connectivity index (χ3v) is 3.55. The van der Waals surface area contributed by atoms with E-state index in [1.807, 2.05) is 0 Å². The van der Waals surface area contributed by atoms with E-state index < -0.39 is 0 Å². The van der Waals surface area contributed by atoms with Crippen LogP contribution in [0.25, 0.3) is 0 Å². The standard InChI is InChI=1S/C12H20O2S/c1-4-6-14-12-10(9(3)5-2)8-15-11(12)7-13/h8-9,13H,4-7H2,1-3H3. The maximum absolute atomic E-state index is 9.22. The number of ether oxygens (including phenoxy) is 1. The molecular weight excluding hydrogens is 208 g/mol. The van der Waals surface area contributed by atoms with Crippen LogP contribution in [0.15, 0.2) is 5.38 Å². The van der Waals surface area contributed by atoms with Gasteiger partial charge < -0.3 is 9.84 Å². The number of thiophene rings is 1. The maximum atomic E-state index is 9.22. The van der Waals surface area contributed by atoms with Crippen LogP contribution in [0.1, 0.15) is 50.0 Å². The van der Waals surface area contributed by atoms with Crippen molar-refractivity contribution in [2.24, 2.45) is 0 Å². The third-order valence-electron chi connectivity index (χ3n) is 2.58. The zero-order chi connectivity index (χ0) is 11.3. The van der Waals surface area contributed by atoms with Crippen LogP contribution in [0.4, 0.5) is 0 Å². The number of rotatable bonds is 6. The molecule has 1 N–H and O–H groups in total. The first-order chi connectivity index (χ1) is 7.24. The first-order valence-electron chi connectivity index (χ1n) is 5.58. The molecule has 0 fully saturated rings. The highest BCUT2D eigenvalue weighted by Gasteiger charge is 2.16. The number of hydrogen-bond donors (Lipinski definition) is 1. The summed E-state index contributed by atoms with van der Waals surface area (Å²) in [6.07, 6.45) is 2.10. The van der Waals surface area contributed by atoms with Gasteiger partial charge in [0.15, 0.2) is 0 Å². The van der Waals surface area contributed by atoms with Crippen LogP contribution < -0.4 is 4.74 Å². The largest absolute Gasteiger partial charge is 0.492 e. The summed E-state index contributed by atoms with van der Waals surface area (Å²) in [6.45, 7) is 7.27. The molecule has 0 aliphatic rings. The lowest BCUT2D eigenvalue weighted by molar-refractivity contribution is 0.266. The summed E-state index contributed by atoms with van der Waals surface area (Å²) in [5.41, 5.74) is 1.25. The molecule has 0 spiro atoms. The lowest BCUT2D eigenvalue weighted by Gasteiger charge is -2.12. The first-order valence-corrected chi connectivity index (χ1v) is 6.46. The van der Waals surface area contributed by atoms with Crippen molar-refractivity contribution in [2.75, 3.05) is 6.61 Å². The van der Waals surface area contributed by atoms with E-state index in [-0.39, 0.29) is 6.61 Å². The Morgan fingerprint density at radius 1 is 1.47 bits per heavy atom. The Bertz CT molecular complexity index is 294. The van der Waals surface area contributed by atoms with Crippen molar-refractivity contribution in [2.45, 2.75) is 46.1 Å². The van der Waals surface area contributed by atoms with Crippen LogP contribution in [-0.4, -0.2) is 11.7 Å². The molecule has 1 atom stereocenters. The zero-order valence-electron chi connectivity index (χ0n) is 9.75. The molecule has 2 nitrogen and oxygen atoms in total. The fourth-order valence-corrected chi connectivity index (χ4v) is 2.41. The molecule has 1 unspecified atom stereocenters. The van der Waals surface area contributed by atoms with Gasteiger partial charge in [-0.3, -0.25) is 0 Å². The Kier molecular flexibility index (Phi) is 5.12. The summed E-state index contributed by atoms with van der Waals surface area (Å²) in [5.74, 6) is 1.44. The first kappa shape index (κ1) is 12.5. The van der Waals surface area contributed by atoms with E-state index in [0.717, 1.165) is 30.1 Å². The van der Waals surface area contributed by atoms with Crippen LogP contribution in [0.5, 0.6) is 5.75 Å². The van der Waals surface area contributed by atoms with Gasteiger partial charge >= 0.3 is 0 Å². The van der Waals surface area contributed by atoms with Crippen LogP contribution in [-0.2, 0) is 6.61 Å². The summed E-state index contributed by atoms with van der Waals surface area (Å²) in [5, 5.41) is 11.3. The van der Waals surface area contributed by atoms with Crippen molar-refractivity contribution in [1.82, 2.24) is 0 Å². The van der Waals surface area contributed by atoms with Crippen molar-refractivity contribution in [3.8, 4) is 5.75 Å². The predicted molar refractivity (Wildman–Crippen MR) is 64.7 cm³/mol. The SMILES string of the molecule is CCCOc1c(C(C)CC)csc1CO. The van der Waals surface area contributed by atoms with Gasteiger partial charge in [-0.05, 0) is 24.1 Å². The summed E-state index contributed by atoms with van der Waals surface area (Å²) < 4.78 is 5.72. The third kappa shape index (κ3) is 2.95. The number of aliphatic hydroxyl groups excluding tert-OH is 1. The minimum absolute atomic E-state index is 0.0835. The smallest absolute Gasteiger partial charge is 0.138 e. The molecule has 1 aromatic heterocycles. The Balaban J connectivity index is 2.89. The molecule has 0 aromatic carbocycles. The van der Waals surface area contributed by atoms with Crippen LogP contribution in [0.2, 0.25) is 0 Å². The van der Waals surface area contributed by atoms with Crippen molar-refractivity contribution in [3.63, 3.8) is 0 Å². The van der Waals surface area contributed by atoms with E-state index in [4.69, 9.17) is 4.74 Å². The van der Waals surface area contributed by atoms with E-state index in [2.05, 4.69) is 26.2 Å². The van der Waals surface area contributed by atoms with E-state index in [1.165, 1.54) is 5.56 Å². The predicted octanol–water partition coefficient (Wildman–Crippen LogP) is 3.54. The Hall–Kier alpha value is -0.540. The fourth-order valence-electron chi connectivity index (χ4n) is 1.44. The topological polar surface area (TPSA) is 29.5 Å². The molecule has 0 saturated carbocycles. The van der Waals surface area contributed by atoms with Crippen LogP contribution in [0.3, 0.4) is 0 Å². The normalized spacial score (nSPS) is 12.8. The van der Waals surface area contributed by atoms with E-state index in [1.54, 1.807) is 11.3 Å². The van der Waals surface area contributed by atoms with Gasteiger partial charge in [0.05, 0.1) is 18.1 Å². The monoisotopic (exact) mass is 228 g/mol. The number of aliphatic hydroxyl groups is 1. The lowest BCUT2D eigenvalue weighted by atomic mass is 10.0. The van der Waals surface area contributed by atoms with Crippen molar-refractivity contribution < 1.29 is 9.84 Å². The molecule has 3 heteroatoms. The second-order valence-electron chi connectivity index (χ2n) is 3.76. The molecule has 1 heterocycles. The molecule has 15 heavy (non-hydrogen) atoms. The molecule has 1 aromatic rings. The second kappa shape index (κ2) is 6.13. The molecule has 86 valence electrons. The zero-order valence-corrected chi connectivity index (χ0v) is 10.6. The Morgan fingerprint density at radius 2 is 2.20 bits per heavy atom. The summed E-state index contributed by atoms with van der Waals surface area (Å²) >= 11 is 1.60. The second-order valence-corrected chi connectivity index (χ2v) is 4.72. The summed E-state index contributed by atoms with van der Waals surface area (Å²) in [4.78, 5) is 0.957. The molecule has 1 rings (SSSR count). The highest BCUT2D eigenvalue weighted by atomic mass is 32.1. The van der Waals surface area contributed by atoms with Gasteiger partial charge in [0.25, 0.3) is 0 Å². The highest BCUT2D eigenvalue weighted by molar-refractivity contribution is 7.10. The van der Waals surface area contributed by atoms with Crippen LogP contribution >= 0.6 is 11.3 Å². The van der Waals surface area contributed by atoms with Gasteiger partial charge in [0, 0.05) is 5.56 Å². The molecule has 0 amide bonds. The van der Waals surface area contributed by atoms with Gasteiger partial charge in [0.1, 0.15) is 5.75 Å². The van der Waals surface area contributed by atoms with E-state index in [9.17, 15) is 5.11 Å². The maximum Gasteiger partial charge on any atom is 0.138 e. The Morgan fingerprint density at radius 3 is 2.73 bits per heavy atom. The average Bonchev–Trinajstić information content (AvgIpc) is 2.67. The van der Waals surface area contributed by atoms with E-state index >= 15 is 0 Å². The number of hydrogen-bond acceptors (Lipinski definition) is 3. The van der Waals surface area contributed by atoms with Crippen molar-refractivity contribution >= 4 is 11.3 Å². The van der Waals surface area contributed by atoms with Crippen molar-refractivity contribution in [1.29, 1.82) is 0 Å². The van der Waals surface area contributed by atoms with Gasteiger partial charge in [-0.1, -0.05) is 20.8 Å². The van der Waals surface area contributed by atoms with Crippen LogP contribution in [0, 0.1) is 0 Å². The average molecular weight is 228 g/mol. The molecule has 0 saturated heterocycles. The van der Waals surface area contributed by atoms with Gasteiger partial charge in [-0.25, -0.2) is 0 Å². The summed E-state index contributed by atoms with van der Waals surface area (Å²) in [6, 6.07) is 0. The highest BCUT2D eigenvalue weighted by Crippen LogP contribution is 2.37. The van der Waals surface area contributed by atoms with E-state index in [0.29, 0.717) is 5.92 Å². The molecule has 0 aliphatic carbocycles. The molecule has 0 aliphatic heterocycles. The van der Waals surface area contributed by atoms with Gasteiger partial charge in [-0.15, -0.1) is 11.3 Å².